The van der Waals surface area contributed by atoms with Crippen LogP contribution in [0.2, 0.25) is 0 Å². The molecule has 0 aromatic heterocycles. The van der Waals surface area contributed by atoms with Gasteiger partial charge in [0, 0.05) is 13.2 Å². The van der Waals surface area contributed by atoms with Gasteiger partial charge >= 0.3 is 0 Å². The Bertz CT molecular complexity index is 229. The molecule has 0 aliphatic heterocycles. The number of ether oxygens (including phenoxy) is 1. The van der Waals surface area contributed by atoms with E-state index in [4.69, 9.17) is 10.00 Å². The van der Waals surface area contributed by atoms with E-state index >= 15 is 0 Å². The lowest BCUT2D eigenvalue weighted by atomic mass is 9.90. The molecule has 3 nitrogen and oxygen atoms in total. The quantitative estimate of drug-likeness (QED) is 0.647. The molecule has 16 heavy (non-hydrogen) atoms. The van der Waals surface area contributed by atoms with E-state index in [1.54, 1.807) is 0 Å². The number of hydrogen-bond donors (Lipinski definition) is 1. The molecule has 0 saturated heterocycles. The molecule has 0 atom stereocenters. The second kappa shape index (κ2) is 6.88. The van der Waals surface area contributed by atoms with Crippen LogP contribution in [0.15, 0.2) is 0 Å². The smallest absolute Gasteiger partial charge is 0.0750 e. The molecule has 0 radical (unpaired) electrons. The topological polar surface area (TPSA) is 45.0 Å². The first-order valence-corrected chi connectivity index (χ1v) is 6.09. The third-order valence-corrected chi connectivity index (χ3v) is 2.54. The van der Waals surface area contributed by atoms with Crippen molar-refractivity contribution in [3.8, 4) is 6.07 Å². The molecule has 0 aromatic carbocycles. The van der Waals surface area contributed by atoms with Crippen LogP contribution in [0.3, 0.4) is 0 Å². The van der Waals surface area contributed by atoms with Crippen LogP contribution in [0.25, 0.3) is 0 Å². The average molecular weight is 226 g/mol. The van der Waals surface area contributed by atoms with E-state index < -0.39 is 0 Å². The molecule has 3 heteroatoms. The summed E-state index contributed by atoms with van der Waals surface area (Å²) in [5, 5.41) is 12.2. The normalized spacial score (nSPS) is 12.5. The molecule has 0 bridgehead atoms. The van der Waals surface area contributed by atoms with Gasteiger partial charge in [-0.25, -0.2) is 0 Å². The zero-order valence-electron chi connectivity index (χ0n) is 11.4. The second-order valence-electron chi connectivity index (χ2n) is 5.47. The van der Waals surface area contributed by atoms with Gasteiger partial charge < -0.3 is 10.1 Å². The summed E-state index contributed by atoms with van der Waals surface area (Å²) in [4.78, 5) is 0. The van der Waals surface area contributed by atoms with Gasteiger partial charge in [-0.3, -0.25) is 0 Å². The Morgan fingerprint density at radius 1 is 1.25 bits per heavy atom. The fraction of sp³-hybridized carbons (Fsp3) is 0.923. The van der Waals surface area contributed by atoms with Crippen molar-refractivity contribution >= 4 is 0 Å². The Morgan fingerprint density at radius 2 is 1.88 bits per heavy atom. The van der Waals surface area contributed by atoms with E-state index in [1.807, 2.05) is 20.8 Å². The predicted molar refractivity (Wildman–Crippen MR) is 67.2 cm³/mol. The maximum atomic E-state index is 8.86. The van der Waals surface area contributed by atoms with Gasteiger partial charge in [-0.2, -0.15) is 5.26 Å². The van der Waals surface area contributed by atoms with Gasteiger partial charge in [-0.15, -0.1) is 0 Å². The lowest BCUT2D eigenvalue weighted by Gasteiger charge is -2.25. The molecule has 0 spiro atoms. The molecule has 0 unspecified atom stereocenters. The zero-order chi connectivity index (χ0) is 12.7. The SMILES string of the molecule is CCOC(C)(C)CNCCCC(C)(C)C#N. The third-order valence-electron chi connectivity index (χ3n) is 2.54. The lowest BCUT2D eigenvalue weighted by molar-refractivity contribution is -0.00872. The van der Waals surface area contributed by atoms with Gasteiger partial charge in [0.05, 0.1) is 17.1 Å². The molecule has 1 N–H and O–H groups in total. The van der Waals surface area contributed by atoms with E-state index in [1.165, 1.54) is 0 Å². The van der Waals surface area contributed by atoms with Crippen molar-refractivity contribution in [2.24, 2.45) is 5.41 Å². The van der Waals surface area contributed by atoms with Gasteiger partial charge in [0.1, 0.15) is 0 Å². The molecular weight excluding hydrogens is 200 g/mol. The standard InChI is InChI=1S/C13H26N2O/c1-6-16-13(4,5)11-15-9-7-8-12(2,3)10-14/h15H,6-9,11H2,1-5H3. The summed E-state index contributed by atoms with van der Waals surface area (Å²) in [5.41, 5.74) is -0.295. The summed E-state index contributed by atoms with van der Waals surface area (Å²) in [5.74, 6) is 0. The number of nitrogens with one attached hydrogen (secondary N) is 1. The highest BCUT2D eigenvalue weighted by molar-refractivity contribution is 4.91. The third kappa shape index (κ3) is 7.67. The maximum absolute atomic E-state index is 8.86. The largest absolute Gasteiger partial charge is 0.375 e. The molecule has 0 saturated carbocycles. The lowest BCUT2D eigenvalue weighted by Crippen LogP contribution is -2.38. The zero-order valence-corrected chi connectivity index (χ0v) is 11.4. The summed E-state index contributed by atoms with van der Waals surface area (Å²) in [6, 6.07) is 2.32. The first-order chi connectivity index (χ1) is 7.33. The van der Waals surface area contributed by atoms with Crippen LogP contribution in [-0.2, 0) is 4.74 Å². The number of rotatable bonds is 8. The van der Waals surface area contributed by atoms with E-state index in [2.05, 4.69) is 25.2 Å². The van der Waals surface area contributed by atoms with Crippen molar-refractivity contribution in [1.82, 2.24) is 5.32 Å². The Labute approximate surface area is 100 Å². The average Bonchev–Trinajstić information content (AvgIpc) is 2.17. The van der Waals surface area contributed by atoms with Gasteiger partial charge in [-0.1, -0.05) is 0 Å². The van der Waals surface area contributed by atoms with Crippen molar-refractivity contribution < 1.29 is 4.74 Å². The van der Waals surface area contributed by atoms with Crippen molar-refractivity contribution in [3.63, 3.8) is 0 Å². The van der Waals surface area contributed by atoms with Crippen molar-refractivity contribution in [2.45, 2.75) is 53.1 Å². The van der Waals surface area contributed by atoms with Crippen LogP contribution in [-0.4, -0.2) is 25.3 Å². The highest BCUT2D eigenvalue weighted by Crippen LogP contribution is 2.19. The van der Waals surface area contributed by atoms with E-state index in [0.717, 1.165) is 32.5 Å². The molecule has 0 rings (SSSR count). The summed E-state index contributed by atoms with van der Waals surface area (Å²) < 4.78 is 5.58. The van der Waals surface area contributed by atoms with Crippen LogP contribution in [0, 0.1) is 16.7 Å². The Morgan fingerprint density at radius 3 is 2.38 bits per heavy atom. The summed E-state index contributed by atoms with van der Waals surface area (Å²) >= 11 is 0. The van der Waals surface area contributed by atoms with E-state index in [-0.39, 0.29) is 11.0 Å². The fourth-order valence-electron chi connectivity index (χ4n) is 1.54. The molecule has 0 heterocycles. The van der Waals surface area contributed by atoms with E-state index in [0.29, 0.717) is 0 Å². The maximum Gasteiger partial charge on any atom is 0.0750 e. The van der Waals surface area contributed by atoms with Crippen LogP contribution in [0.5, 0.6) is 0 Å². The molecule has 0 aromatic rings. The van der Waals surface area contributed by atoms with Crippen LogP contribution < -0.4 is 5.32 Å². The van der Waals surface area contributed by atoms with Crippen LogP contribution in [0.1, 0.15) is 47.5 Å². The predicted octanol–water partition coefficient (Wildman–Crippen LogP) is 2.72. The molecule has 94 valence electrons. The number of nitrogens with zero attached hydrogens (tertiary/aromatic N) is 1. The molecule has 0 aliphatic carbocycles. The summed E-state index contributed by atoms with van der Waals surface area (Å²) in [6.45, 7) is 12.7. The van der Waals surface area contributed by atoms with Crippen molar-refractivity contribution in [2.75, 3.05) is 19.7 Å². The van der Waals surface area contributed by atoms with Gasteiger partial charge in [-0.05, 0) is 54.0 Å². The second-order valence-corrected chi connectivity index (χ2v) is 5.47. The minimum absolute atomic E-state index is 0.0977. The monoisotopic (exact) mass is 226 g/mol. The van der Waals surface area contributed by atoms with E-state index in [9.17, 15) is 0 Å². The highest BCUT2D eigenvalue weighted by atomic mass is 16.5. The Balaban J connectivity index is 3.59. The summed E-state index contributed by atoms with van der Waals surface area (Å²) in [7, 11) is 0. The Hall–Kier alpha value is -0.590. The van der Waals surface area contributed by atoms with Crippen molar-refractivity contribution in [3.05, 3.63) is 0 Å². The number of hydrogen-bond acceptors (Lipinski definition) is 3. The Kier molecular flexibility index (Phi) is 6.62. The molecule has 0 fully saturated rings. The molecular formula is C13H26N2O. The minimum atomic E-state index is -0.197. The van der Waals surface area contributed by atoms with Crippen LogP contribution >= 0.6 is 0 Å². The first-order valence-electron chi connectivity index (χ1n) is 6.09. The van der Waals surface area contributed by atoms with Crippen LogP contribution in [0.4, 0.5) is 0 Å². The fourth-order valence-corrected chi connectivity index (χ4v) is 1.54. The first kappa shape index (κ1) is 15.4. The molecule has 0 aliphatic rings. The number of nitriles is 1. The molecule has 0 amide bonds. The van der Waals surface area contributed by atoms with Gasteiger partial charge in [0.25, 0.3) is 0 Å². The van der Waals surface area contributed by atoms with Gasteiger partial charge in [0.2, 0.25) is 0 Å². The van der Waals surface area contributed by atoms with Crippen molar-refractivity contribution in [1.29, 1.82) is 5.26 Å². The highest BCUT2D eigenvalue weighted by Gasteiger charge is 2.18. The van der Waals surface area contributed by atoms with Gasteiger partial charge in [0.15, 0.2) is 0 Å². The minimum Gasteiger partial charge on any atom is -0.375 e. The summed E-state index contributed by atoms with van der Waals surface area (Å²) in [6.07, 6.45) is 1.97.